The van der Waals surface area contributed by atoms with Crippen LogP contribution in [0.25, 0.3) is 21.5 Å². The largest absolute Gasteiger partial charge is 0.332 e. The van der Waals surface area contributed by atoms with E-state index >= 15 is 0 Å². The van der Waals surface area contributed by atoms with Crippen molar-refractivity contribution < 1.29 is 0 Å². The molecule has 1 atom stereocenters. The van der Waals surface area contributed by atoms with Gasteiger partial charge in [-0.1, -0.05) is 0 Å². The van der Waals surface area contributed by atoms with Crippen LogP contribution in [0.15, 0.2) is 24.4 Å². The number of hydrogen-bond donors (Lipinski definition) is 0. The average Bonchev–Trinajstić information content (AvgIpc) is 2.92. The molecule has 0 aliphatic heterocycles. The van der Waals surface area contributed by atoms with Crippen LogP contribution in [-0.2, 0) is 0 Å². The van der Waals surface area contributed by atoms with Crippen molar-refractivity contribution in [2.45, 2.75) is 6.04 Å². The molecule has 0 bridgehead atoms. The van der Waals surface area contributed by atoms with Gasteiger partial charge in [0.2, 0.25) is 0 Å². The molecule has 0 aliphatic rings. The first-order chi connectivity index (χ1) is 9.78. The van der Waals surface area contributed by atoms with Crippen LogP contribution in [0.1, 0.15) is 17.2 Å². The van der Waals surface area contributed by atoms with Gasteiger partial charge in [-0.15, -0.1) is 10.2 Å². The van der Waals surface area contributed by atoms with E-state index in [2.05, 4.69) is 20.1 Å². The van der Waals surface area contributed by atoms with Crippen LogP contribution in [0, 0.1) is 29.2 Å². The molecular weight excluding hydrogens is 254 g/mol. The van der Waals surface area contributed by atoms with Crippen LogP contribution >= 0.6 is 0 Å². The molecule has 0 radical (unpaired) electrons. The third-order valence-electron chi connectivity index (χ3n) is 2.91. The molecule has 0 amide bonds. The lowest BCUT2D eigenvalue weighted by molar-refractivity contribution is 0.939. The fraction of sp³-hybridized carbons (Fsp3) is 0.0769. The maximum absolute atomic E-state index is 8.96. The predicted molar refractivity (Wildman–Crippen MR) is 68.0 cm³/mol. The number of rotatable bonds is 1. The monoisotopic (exact) mass is 259 g/mol. The summed E-state index contributed by atoms with van der Waals surface area (Å²) in [6, 6.07) is 8.07. The van der Waals surface area contributed by atoms with Crippen molar-refractivity contribution in [1.29, 1.82) is 10.5 Å². The Labute approximate surface area is 113 Å². The van der Waals surface area contributed by atoms with Crippen molar-refractivity contribution in [2.24, 2.45) is 0 Å². The summed E-state index contributed by atoms with van der Waals surface area (Å²) < 4.78 is 1.49. The van der Waals surface area contributed by atoms with E-state index < -0.39 is 6.04 Å². The SMILES string of the molecule is [C-]#[N+]C(C#N)c1ccc2nnc3c(C#N)cnn3c2c1. The molecule has 92 valence electrons. The lowest BCUT2D eigenvalue weighted by Crippen LogP contribution is -1.99. The molecule has 0 fully saturated rings. The van der Waals surface area contributed by atoms with E-state index in [1.807, 2.05) is 12.1 Å². The number of benzene rings is 1. The molecule has 2 aromatic heterocycles. The van der Waals surface area contributed by atoms with Crippen molar-refractivity contribution >= 4 is 16.7 Å². The van der Waals surface area contributed by atoms with Gasteiger partial charge in [-0.2, -0.15) is 15.6 Å². The normalized spacial score (nSPS) is 11.7. The van der Waals surface area contributed by atoms with E-state index in [-0.39, 0.29) is 0 Å². The molecule has 0 N–H and O–H groups in total. The minimum absolute atomic E-state index is 0.326. The van der Waals surface area contributed by atoms with Gasteiger partial charge < -0.3 is 0 Å². The molecule has 3 rings (SSSR count). The molecule has 1 unspecified atom stereocenters. The molecule has 20 heavy (non-hydrogen) atoms. The molecular formula is C13H5N7. The quantitative estimate of drug-likeness (QED) is 0.619. The Morgan fingerprint density at radius 3 is 2.85 bits per heavy atom. The molecule has 0 saturated heterocycles. The fourth-order valence-corrected chi connectivity index (χ4v) is 1.94. The molecule has 1 aromatic carbocycles. The van der Waals surface area contributed by atoms with Crippen molar-refractivity contribution in [3.8, 4) is 12.1 Å². The van der Waals surface area contributed by atoms with Gasteiger partial charge in [0, 0.05) is 0 Å². The number of aromatic nitrogens is 4. The summed E-state index contributed by atoms with van der Waals surface area (Å²) in [5, 5.41) is 30.0. The summed E-state index contributed by atoms with van der Waals surface area (Å²) in [6.45, 7) is 7.01. The van der Waals surface area contributed by atoms with Crippen LogP contribution in [-0.4, -0.2) is 19.8 Å². The summed E-state index contributed by atoms with van der Waals surface area (Å²) in [4.78, 5) is 3.26. The summed E-state index contributed by atoms with van der Waals surface area (Å²) in [7, 11) is 0. The van der Waals surface area contributed by atoms with E-state index in [1.165, 1.54) is 10.7 Å². The van der Waals surface area contributed by atoms with E-state index in [4.69, 9.17) is 17.1 Å². The topological polar surface area (TPSA) is 95.0 Å². The van der Waals surface area contributed by atoms with Gasteiger partial charge in [-0.3, -0.25) is 4.85 Å². The molecule has 3 aromatic rings. The zero-order valence-electron chi connectivity index (χ0n) is 10.0. The van der Waals surface area contributed by atoms with Crippen LogP contribution in [0.3, 0.4) is 0 Å². The smallest absolute Gasteiger partial charge is 0.292 e. The minimum Gasteiger partial charge on any atom is -0.292 e. The van der Waals surface area contributed by atoms with E-state index in [0.29, 0.717) is 27.8 Å². The Bertz CT molecular complexity index is 935. The summed E-state index contributed by atoms with van der Waals surface area (Å²) in [5.74, 6) is 0. The number of fused-ring (bicyclic) bond motifs is 3. The summed E-state index contributed by atoms with van der Waals surface area (Å²) >= 11 is 0. The van der Waals surface area contributed by atoms with Gasteiger partial charge in [0.1, 0.15) is 17.1 Å². The lowest BCUT2D eigenvalue weighted by Gasteiger charge is -2.02. The first kappa shape index (κ1) is 11.6. The van der Waals surface area contributed by atoms with Gasteiger partial charge in [0.25, 0.3) is 0 Å². The van der Waals surface area contributed by atoms with Gasteiger partial charge in [-0.05, 0) is 18.2 Å². The lowest BCUT2D eigenvalue weighted by atomic mass is 10.1. The second-order valence-electron chi connectivity index (χ2n) is 4.01. The molecule has 0 aliphatic carbocycles. The highest BCUT2D eigenvalue weighted by Crippen LogP contribution is 2.22. The first-order valence-corrected chi connectivity index (χ1v) is 5.59. The van der Waals surface area contributed by atoms with Crippen LogP contribution in [0.5, 0.6) is 0 Å². The van der Waals surface area contributed by atoms with E-state index in [1.54, 1.807) is 18.2 Å². The zero-order chi connectivity index (χ0) is 14.1. The third-order valence-corrected chi connectivity index (χ3v) is 2.91. The second-order valence-corrected chi connectivity index (χ2v) is 4.01. The summed E-state index contributed by atoms with van der Waals surface area (Å²) in [6.07, 6.45) is 1.41. The Morgan fingerprint density at radius 1 is 1.30 bits per heavy atom. The zero-order valence-corrected chi connectivity index (χ0v) is 10.0. The number of hydrogen-bond acceptors (Lipinski definition) is 5. The predicted octanol–water partition coefficient (Wildman–Crippen LogP) is 1.63. The first-order valence-electron chi connectivity index (χ1n) is 5.59. The van der Waals surface area contributed by atoms with Crippen LogP contribution in [0.2, 0.25) is 0 Å². The fourth-order valence-electron chi connectivity index (χ4n) is 1.94. The van der Waals surface area contributed by atoms with Gasteiger partial charge in [0.05, 0.1) is 17.3 Å². The maximum Gasteiger partial charge on any atom is 0.332 e. The van der Waals surface area contributed by atoms with E-state index in [9.17, 15) is 0 Å². The van der Waals surface area contributed by atoms with Gasteiger partial charge in [0.15, 0.2) is 11.7 Å². The number of nitriles is 2. The average molecular weight is 259 g/mol. The Kier molecular flexibility index (Phi) is 2.50. The highest BCUT2D eigenvalue weighted by Gasteiger charge is 2.16. The Balaban J connectivity index is 2.36. The van der Waals surface area contributed by atoms with Crippen molar-refractivity contribution in [3.63, 3.8) is 0 Å². The maximum atomic E-state index is 8.96. The highest BCUT2D eigenvalue weighted by atomic mass is 15.3. The van der Waals surface area contributed by atoms with Gasteiger partial charge in [-0.25, -0.2) is 11.1 Å². The van der Waals surface area contributed by atoms with Gasteiger partial charge >= 0.3 is 6.04 Å². The molecule has 7 heteroatoms. The van der Waals surface area contributed by atoms with Crippen molar-refractivity contribution in [3.05, 3.63) is 46.9 Å². The highest BCUT2D eigenvalue weighted by molar-refractivity contribution is 5.78. The molecule has 0 spiro atoms. The molecule has 7 nitrogen and oxygen atoms in total. The van der Waals surface area contributed by atoms with E-state index in [0.717, 1.165) is 0 Å². The van der Waals surface area contributed by atoms with Crippen LogP contribution in [0.4, 0.5) is 0 Å². The molecule has 0 saturated carbocycles. The minimum atomic E-state index is -0.867. The van der Waals surface area contributed by atoms with Crippen LogP contribution < -0.4 is 0 Å². The molecule has 2 heterocycles. The Hall–Kier alpha value is -3.50. The second kappa shape index (κ2) is 4.31. The van der Waals surface area contributed by atoms with Crippen molar-refractivity contribution in [1.82, 2.24) is 19.8 Å². The standard InChI is InChI=1S/C13H5N7/c1-16-11(6-15)8-2-3-10-12(4-8)20-13(19-18-10)9(5-14)7-17-20/h2-4,7,11H. The summed E-state index contributed by atoms with van der Waals surface area (Å²) in [5.41, 5.74) is 2.44. The number of nitrogens with zero attached hydrogens (tertiary/aromatic N) is 7. The Morgan fingerprint density at radius 2 is 2.15 bits per heavy atom. The van der Waals surface area contributed by atoms with Crippen molar-refractivity contribution in [2.75, 3.05) is 0 Å². The third kappa shape index (κ3) is 1.53.